The van der Waals surface area contributed by atoms with Gasteiger partial charge in [-0.05, 0) is 19.3 Å². The zero-order valence-electron chi connectivity index (χ0n) is 11.8. The third kappa shape index (κ3) is 7.28. The SMILES string of the molecule is CNC(=O)C(C)NC(=O)NCC(CC(C)C)C(=O)O. The molecule has 0 aliphatic carbocycles. The number of nitrogens with one attached hydrogen (secondary N) is 3. The summed E-state index contributed by atoms with van der Waals surface area (Å²) in [5.74, 6) is -1.64. The number of carboxylic acid groups (broad SMARTS) is 1. The number of likely N-dealkylation sites (N-methyl/N-ethyl adjacent to an activating group) is 1. The molecule has 3 amide bonds. The number of carbonyl (C=O) groups excluding carboxylic acids is 2. The first-order valence-corrected chi connectivity index (χ1v) is 6.26. The van der Waals surface area contributed by atoms with Crippen molar-refractivity contribution in [3.05, 3.63) is 0 Å². The molecule has 110 valence electrons. The van der Waals surface area contributed by atoms with E-state index in [-0.39, 0.29) is 18.4 Å². The van der Waals surface area contributed by atoms with Crippen LogP contribution in [0.1, 0.15) is 27.2 Å². The third-order valence-corrected chi connectivity index (χ3v) is 2.60. The summed E-state index contributed by atoms with van der Waals surface area (Å²) in [7, 11) is 1.47. The lowest BCUT2D eigenvalue weighted by atomic mass is 9.97. The molecule has 4 N–H and O–H groups in total. The number of hydrogen-bond donors (Lipinski definition) is 4. The maximum Gasteiger partial charge on any atom is 0.315 e. The van der Waals surface area contributed by atoms with Crippen LogP contribution in [0.15, 0.2) is 0 Å². The van der Waals surface area contributed by atoms with Gasteiger partial charge in [0.1, 0.15) is 6.04 Å². The summed E-state index contributed by atoms with van der Waals surface area (Å²) < 4.78 is 0. The Morgan fingerprint density at radius 1 is 1.16 bits per heavy atom. The molecule has 0 spiro atoms. The molecule has 0 bridgehead atoms. The van der Waals surface area contributed by atoms with Crippen molar-refractivity contribution in [2.75, 3.05) is 13.6 Å². The highest BCUT2D eigenvalue weighted by Gasteiger charge is 2.20. The molecule has 0 aliphatic rings. The number of hydrogen-bond acceptors (Lipinski definition) is 3. The first-order valence-electron chi connectivity index (χ1n) is 6.26. The monoisotopic (exact) mass is 273 g/mol. The van der Waals surface area contributed by atoms with Crippen LogP contribution < -0.4 is 16.0 Å². The normalized spacial score (nSPS) is 13.5. The highest BCUT2D eigenvalue weighted by atomic mass is 16.4. The summed E-state index contributed by atoms with van der Waals surface area (Å²) in [6.45, 7) is 5.42. The van der Waals surface area contributed by atoms with E-state index in [4.69, 9.17) is 5.11 Å². The molecule has 2 atom stereocenters. The van der Waals surface area contributed by atoms with Crippen molar-refractivity contribution in [3.8, 4) is 0 Å². The largest absolute Gasteiger partial charge is 0.481 e. The van der Waals surface area contributed by atoms with E-state index in [0.717, 1.165) is 0 Å². The van der Waals surface area contributed by atoms with Crippen molar-refractivity contribution in [1.29, 1.82) is 0 Å². The summed E-state index contributed by atoms with van der Waals surface area (Å²) in [6, 6.07) is -1.22. The summed E-state index contributed by atoms with van der Waals surface area (Å²) in [6.07, 6.45) is 0.487. The Morgan fingerprint density at radius 2 is 1.74 bits per heavy atom. The lowest BCUT2D eigenvalue weighted by molar-refractivity contribution is -0.142. The van der Waals surface area contributed by atoms with E-state index in [1.54, 1.807) is 6.92 Å². The topological polar surface area (TPSA) is 108 Å². The maximum absolute atomic E-state index is 11.5. The Kier molecular flexibility index (Phi) is 7.55. The molecule has 2 unspecified atom stereocenters. The van der Waals surface area contributed by atoms with Crippen molar-refractivity contribution < 1.29 is 19.5 Å². The van der Waals surface area contributed by atoms with Gasteiger partial charge in [-0.3, -0.25) is 9.59 Å². The lowest BCUT2D eigenvalue weighted by Crippen LogP contribution is -2.49. The average Bonchev–Trinajstić information content (AvgIpc) is 2.32. The van der Waals surface area contributed by atoms with Crippen molar-refractivity contribution in [2.24, 2.45) is 11.8 Å². The fourth-order valence-corrected chi connectivity index (χ4v) is 1.59. The number of amides is 3. The van der Waals surface area contributed by atoms with Crippen LogP contribution in [0, 0.1) is 11.8 Å². The lowest BCUT2D eigenvalue weighted by Gasteiger charge is -2.17. The van der Waals surface area contributed by atoms with Gasteiger partial charge < -0.3 is 21.1 Å². The first kappa shape index (κ1) is 17.2. The Hall–Kier alpha value is -1.79. The molecule has 0 radical (unpaired) electrons. The molecular formula is C12H23N3O4. The summed E-state index contributed by atoms with van der Waals surface area (Å²) in [5.41, 5.74) is 0. The Bertz CT molecular complexity index is 331. The van der Waals surface area contributed by atoms with E-state index in [2.05, 4.69) is 16.0 Å². The Morgan fingerprint density at radius 3 is 2.16 bits per heavy atom. The van der Waals surface area contributed by atoms with Crippen LogP contribution in [0.2, 0.25) is 0 Å². The molecular weight excluding hydrogens is 250 g/mol. The van der Waals surface area contributed by atoms with E-state index in [1.165, 1.54) is 7.05 Å². The summed E-state index contributed by atoms with van der Waals surface area (Å²) >= 11 is 0. The fourth-order valence-electron chi connectivity index (χ4n) is 1.59. The summed E-state index contributed by atoms with van der Waals surface area (Å²) in [4.78, 5) is 33.7. The van der Waals surface area contributed by atoms with Crippen molar-refractivity contribution >= 4 is 17.9 Å². The molecule has 0 heterocycles. The van der Waals surface area contributed by atoms with E-state index in [1.807, 2.05) is 13.8 Å². The van der Waals surface area contributed by atoms with Crippen LogP contribution >= 0.6 is 0 Å². The van der Waals surface area contributed by atoms with E-state index in [9.17, 15) is 14.4 Å². The van der Waals surface area contributed by atoms with Crippen LogP contribution in [-0.2, 0) is 9.59 Å². The molecule has 7 heteroatoms. The molecule has 0 aliphatic heterocycles. The quantitative estimate of drug-likeness (QED) is 0.530. The van der Waals surface area contributed by atoms with Crippen LogP contribution in [0.5, 0.6) is 0 Å². The minimum Gasteiger partial charge on any atom is -0.481 e. The number of urea groups is 1. The molecule has 0 aromatic carbocycles. The summed E-state index contributed by atoms with van der Waals surface area (Å²) in [5, 5.41) is 16.3. The van der Waals surface area contributed by atoms with Gasteiger partial charge in [0.25, 0.3) is 0 Å². The van der Waals surface area contributed by atoms with Crippen molar-refractivity contribution in [3.63, 3.8) is 0 Å². The van der Waals surface area contributed by atoms with E-state index in [0.29, 0.717) is 6.42 Å². The second kappa shape index (κ2) is 8.34. The number of aliphatic carboxylic acids is 1. The van der Waals surface area contributed by atoms with Gasteiger partial charge in [0.05, 0.1) is 5.92 Å². The average molecular weight is 273 g/mol. The van der Waals surface area contributed by atoms with E-state index < -0.39 is 24.0 Å². The van der Waals surface area contributed by atoms with Gasteiger partial charge in [-0.1, -0.05) is 13.8 Å². The highest BCUT2D eigenvalue weighted by Crippen LogP contribution is 2.10. The second-order valence-electron chi connectivity index (χ2n) is 4.86. The molecule has 0 fully saturated rings. The molecule has 7 nitrogen and oxygen atoms in total. The van der Waals surface area contributed by atoms with Crippen molar-refractivity contribution in [1.82, 2.24) is 16.0 Å². The van der Waals surface area contributed by atoms with Gasteiger partial charge >= 0.3 is 12.0 Å². The third-order valence-electron chi connectivity index (χ3n) is 2.60. The van der Waals surface area contributed by atoms with Gasteiger partial charge in [-0.2, -0.15) is 0 Å². The number of rotatable bonds is 7. The highest BCUT2D eigenvalue weighted by molar-refractivity contribution is 5.86. The number of carbonyl (C=O) groups is 3. The van der Waals surface area contributed by atoms with Gasteiger partial charge in [0.15, 0.2) is 0 Å². The zero-order chi connectivity index (χ0) is 15.0. The molecule has 0 aromatic heterocycles. The van der Waals surface area contributed by atoms with Crippen LogP contribution in [0.4, 0.5) is 4.79 Å². The smallest absolute Gasteiger partial charge is 0.315 e. The van der Waals surface area contributed by atoms with Crippen LogP contribution in [-0.4, -0.2) is 42.6 Å². The molecule has 0 aromatic rings. The first-order chi connectivity index (χ1) is 8.77. The van der Waals surface area contributed by atoms with Gasteiger partial charge in [-0.15, -0.1) is 0 Å². The predicted octanol–water partition coefficient (Wildman–Crippen LogP) is 0.167. The minimum absolute atomic E-state index is 0.0415. The molecule has 19 heavy (non-hydrogen) atoms. The Balaban J connectivity index is 4.18. The maximum atomic E-state index is 11.5. The molecule has 0 saturated heterocycles. The molecule has 0 saturated carbocycles. The van der Waals surface area contributed by atoms with Gasteiger partial charge in [0.2, 0.25) is 5.91 Å². The standard InChI is InChI=1S/C12H23N3O4/c1-7(2)5-9(11(17)18)6-14-12(19)15-8(3)10(16)13-4/h7-9H,5-6H2,1-4H3,(H,13,16)(H,17,18)(H2,14,15,19). The Labute approximate surface area is 113 Å². The van der Waals surface area contributed by atoms with Gasteiger partial charge in [0, 0.05) is 13.6 Å². The van der Waals surface area contributed by atoms with Gasteiger partial charge in [-0.25, -0.2) is 4.79 Å². The molecule has 0 rings (SSSR count). The van der Waals surface area contributed by atoms with Crippen LogP contribution in [0.25, 0.3) is 0 Å². The number of carboxylic acids is 1. The minimum atomic E-state index is -0.937. The predicted molar refractivity (Wildman–Crippen MR) is 70.6 cm³/mol. The fraction of sp³-hybridized carbons (Fsp3) is 0.750. The zero-order valence-corrected chi connectivity index (χ0v) is 11.8. The van der Waals surface area contributed by atoms with Crippen molar-refractivity contribution in [2.45, 2.75) is 33.2 Å². The second-order valence-corrected chi connectivity index (χ2v) is 4.86. The van der Waals surface area contributed by atoms with E-state index >= 15 is 0 Å². The van der Waals surface area contributed by atoms with Crippen LogP contribution in [0.3, 0.4) is 0 Å².